The molecule has 0 radical (unpaired) electrons. The second-order valence-electron chi connectivity index (χ2n) is 7.03. The minimum atomic E-state index is -0.919. The molecule has 4 heteroatoms. The molecule has 96 valence electrons. The van der Waals surface area contributed by atoms with Crippen molar-refractivity contribution in [3.05, 3.63) is 0 Å². The molecule has 5 fully saturated rings. The summed E-state index contributed by atoms with van der Waals surface area (Å²) in [6, 6.07) is 0. The molecular formula is C14H16O4. The van der Waals surface area contributed by atoms with E-state index >= 15 is 0 Å². The zero-order chi connectivity index (χ0) is 12.3. The van der Waals surface area contributed by atoms with E-state index in [9.17, 15) is 19.8 Å². The Morgan fingerprint density at radius 2 is 1.17 bits per heavy atom. The van der Waals surface area contributed by atoms with Crippen molar-refractivity contribution in [1.82, 2.24) is 0 Å². The Kier molecular flexibility index (Phi) is 1.53. The van der Waals surface area contributed by atoms with E-state index in [2.05, 4.69) is 0 Å². The maximum absolute atomic E-state index is 12.1. The normalized spacial score (nSPS) is 67.2. The zero-order valence-corrected chi connectivity index (χ0v) is 9.90. The highest BCUT2D eigenvalue weighted by Crippen LogP contribution is 2.72. The highest BCUT2D eigenvalue weighted by molar-refractivity contribution is 5.93. The van der Waals surface area contributed by atoms with E-state index < -0.39 is 12.2 Å². The summed E-state index contributed by atoms with van der Waals surface area (Å²) in [5.74, 6) is 1.20. The number of carbonyl (C=O) groups excluding carboxylic acids is 2. The third kappa shape index (κ3) is 0.775. The molecule has 0 bridgehead atoms. The SMILES string of the molecule is O=C1C(O)[C@@H]2[C@@H]3C(O)C(=O)[C@@H]4CC5C[C@H]1[C@H]2C5[C@H]34. The molecule has 0 heterocycles. The number of carbonyl (C=O) groups is 2. The number of ketones is 2. The molecule has 0 aliphatic heterocycles. The molecule has 0 saturated heterocycles. The van der Waals surface area contributed by atoms with Crippen molar-refractivity contribution in [2.75, 3.05) is 0 Å². The molecule has 5 aliphatic carbocycles. The molecule has 0 amide bonds. The summed E-state index contributed by atoms with van der Waals surface area (Å²) in [4.78, 5) is 24.2. The first kappa shape index (κ1) is 10.1. The van der Waals surface area contributed by atoms with Gasteiger partial charge in [-0.3, -0.25) is 9.59 Å². The van der Waals surface area contributed by atoms with Crippen molar-refractivity contribution in [2.45, 2.75) is 25.0 Å². The molecule has 4 unspecified atom stereocenters. The van der Waals surface area contributed by atoms with Gasteiger partial charge in [-0.05, 0) is 36.5 Å². The number of fused-ring (bicyclic) bond motifs is 1. The Balaban J connectivity index is 1.71. The van der Waals surface area contributed by atoms with Gasteiger partial charge in [-0.15, -0.1) is 0 Å². The lowest BCUT2D eigenvalue weighted by atomic mass is 9.85. The first-order valence-electron chi connectivity index (χ1n) is 7.05. The van der Waals surface area contributed by atoms with Crippen molar-refractivity contribution < 1.29 is 19.8 Å². The van der Waals surface area contributed by atoms with Gasteiger partial charge in [-0.25, -0.2) is 0 Å². The Bertz CT molecular complexity index is 444. The monoisotopic (exact) mass is 248 g/mol. The van der Waals surface area contributed by atoms with Crippen LogP contribution in [0.3, 0.4) is 0 Å². The van der Waals surface area contributed by atoms with Crippen molar-refractivity contribution in [1.29, 1.82) is 0 Å². The maximum atomic E-state index is 12.1. The summed E-state index contributed by atoms with van der Waals surface area (Å²) in [5.41, 5.74) is 0. The summed E-state index contributed by atoms with van der Waals surface area (Å²) in [7, 11) is 0. The van der Waals surface area contributed by atoms with E-state index in [0.29, 0.717) is 11.8 Å². The fourth-order valence-electron chi connectivity index (χ4n) is 6.63. The van der Waals surface area contributed by atoms with Gasteiger partial charge < -0.3 is 10.2 Å². The van der Waals surface area contributed by atoms with E-state index in [0.717, 1.165) is 12.8 Å². The molecule has 0 spiro atoms. The van der Waals surface area contributed by atoms with Crippen LogP contribution in [0.4, 0.5) is 0 Å². The smallest absolute Gasteiger partial charge is 0.164 e. The second-order valence-corrected chi connectivity index (χ2v) is 7.03. The molecule has 0 aromatic carbocycles. The minimum absolute atomic E-state index is 0.0130. The largest absolute Gasteiger partial charge is 0.385 e. The molecule has 0 aromatic rings. The van der Waals surface area contributed by atoms with Gasteiger partial charge in [-0.2, -0.15) is 0 Å². The van der Waals surface area contributed by atoms with Crippen LogP contribution < -0.4 is 0 Å². The van der Waals surface area contributed by atoms with Crippen LogP contribution in [0.15, 0.2) is 0 Å². The molecule has 2 N–H and O–H groups in total. The molecule has 10 atom stereocenters. The van der Waals surface area contributed by atoms with Crippen LogP contribution in [-0.2, 0) is 9.59 Å². The number of aliphatic hydroxyl groups excluding tert-OH is 2. The van der Waals surface area contributed by atoms with Crippen molar-refractivity contribution in [2.24, 2.45) is 47.3 Å². The van der Waals surface area contributed by atoms with Crippen LogP contribution in [0, 0.1) is 47.3 Å². The van der Waals surface area contributed by atoms with Crippen molar-refractivity contribution in [3.63, 3.8) is 0 Å². The van der Waals surface area contributed by atoms with E-state index in [1.54, 1.807) is 0 Å². The molecular weight excluding hydrogens is 232 g/mol. The topological polar surface area (TPSA) is 74.6 Å². The maximum Gasteiger partial charge on any atom is 0.164 e. The lowest BCUT2D eigenvalue weighted by Gasteiger charge is -2.22. The predicted molar refractivity (Wildman–Crippen MR) is 59.2 cm³/mol. The van der Waals surface area contributed by atoms with E-state index in [1.807, 2.05) is 0 Å². The Hall–Kier alpha value is -0.740. The quantitative estimate of drug-likeness (QED) is 0.613. The molecule has 5 rings (SSSR count). The van der Waals surface area contributed by atoms with Gasteiger partial charge in [0.1, 0.15) is 12.2 Å². The predicted octanol–water partition coefficient (Wildman–Crippen LogP) is -0.376. The zero-order valence-electron chi connectivity index (χ0n) is 9.90. The number of aliphatic hydroxyl groups is 2. The standard InChI is InChI=1S/C14H16O4/c15-11-4-1-3-2-5-8-6(3)7(4)9(13(11)17)10(8)14(18)12(5)16/h3-10,13-14,17-18H,1-2H2/t3?,4-,5+,6?,7-,8+,9-,10+,13?,14?. The third-order valence-corrected chi connectivity index (χ3v) is 6.85. The van der Waals surface area contributed by atoms with Crippen LogP contribution >= 0.6 is 0 Å². The highest BCUT2D eigenvalue weighted by atomic mass is 16.3. The summed E-state index contributed by atoms with van der Waals surface area (Å²) < 4.78 is 0. The fraction of sp³-hybridized carbons (Fsp3) is 0.857. The lowest BCUT2D eigenvalue weighted by molar-refractivity contribution is -0.131. The first-order valence-corrected chi connectivity index (χ1v) is 7.05. The van der Waals surface area contributed by atoms with Crippen LogP contribution in [0.25, 0.3) is 0 Å². The number of hydrogen-bond acceptors (Lipinski definition) is 4. The van der Waals surface area contributed by atoms with Gasteiger partial charge in [0.05, 0.1) is 0 Å². The van der Waals surface area contributed by atoms with E-state index in [-0.39, 0.29) is 47.1 Å². The van der Waals surface area contributed by atoms with Crippen LogP contribution in [0.1, 0.15) is 12.8 Å². The first-order chi connectivity index (χ1) is 8.61. The van der Waals surface area contributed by atoms with Gasteiger partial charge in [0, 0.05) is 23.7 Å². The molecule has 0 aromatic heterocycles. The molecule has 18 heavy (non-hydrogen) atoms. The molecule has 5 saturated carbocycles. The number of Topliss-reactive ketones (excluding diaryl/α,β-unsaturated/α-hetero) is 2. The van der Waals surface area contributed by atoms with Crippen LogP contribution in [-0.4, -0.2) is 34.0 Å². The summed E-state index contributed by atoms with van der Waals surface area (Å²) in [6.07, 6.45) is -0.0779. The van der Waals surface area contributed by atoms with E-state index in [1.165, 1.54) is 0 Å². The van der Waals surface area contributed by atoms with Crippen LogP contribution in [0.2, 0.25) is 0 Å². The lowest BCUT2D eigenvalue weighted by Crippen LogP contribution is -2.34. The Labute approximate surface area is 104 Å². The molecule has 4 nitrogen and oxygen atoms in total. The van der Waals surface area contributed by atoms with Gasteiger partial charge in [0.15, 0.2) is 11.6 Å². The number of rotatable bonds is 0. The van der Waals surface area contributed by atoms with Gasteiger partial charge in [0.2, 0.25) is 0 Å². The third-order valence-electron chi connectivity index (χ3n) is 6.85. The van der Waals surface area contributed by atoms with Crippen molar-refractivity contribution >= 4 is 11.6 Å². The summed E-state index contributed by atoms with van der Waals surface area (Å²) in [5, 5.41) is 20.3. The van der Waals surface area contributed by atoms with Gasteiger partial charge >= 0.3 is 0 Å². The molecule has 5 aliphatic rings. The second kappa shape index (κ2) is 2.73. The fourth-order valence-corrected chi connectivity index (χ4v) is 6.63. The Morgan fingerprint density at radius 1 is 0.722 bits per heavy atom. The van der Waals surface area contributed by atoms with E-state index in [4.69, 9.17) is 0 Å². The average molecular weight is 248 g/mol. The highest BCUT2D eigenvalue weighted by Gasteiger charge is 2.75. The van der Waals surface area contributed by atoms with Gasteiger partial charge in [-0.1, -0.05) is 0 Å². The minimum Gasteiger partial charge on any atom is -0.385 e. The number of hydrogen-bond donors (Lipinski definition) is 2. The average Bonchev–Trinajstić information content (AvgIpc) is 3.05. The summed E-state index contributed by atoms with van der Waals surface area (Å²) in [6.45, 7) is 0. The summed E-state index contributed by atoms with van der Waals surface area (Å²) >= 11 is 0. The Morgan fingerprint density at radius 3 is 1.61 bits per heavy atom. The van der Waals surface area contributed by atoms with Crippen molar-refractivity contribution in [3.8, 4) is 0 Å². The van der Waals surface area contributed by atoms with Gasteiger partial charge in [0.25, 0.3) is 0 Å². The van der Waals surface area contributed by atoms with Crippen LogP contribution in [0.5, 0.6) is 0 Å².